The Bertz CT molecular complexity index is 582. The minimum Gasteiger partial charge on any atom is -0.362 e. The molecule has 2 aromatic carbocycles. The minimum absolute atomic E-state index is 0.571. The van der Waals surface area contributed by atoms with Gasteiger partial charge in [-0.05, 0) is 48.8 Å². The summed E-state index contributed by atoms with van der Waals surface area (Å²) in [5.74, 6) is 0. The topological polar surface area (TPSA) is 24.1 Å². The molecule has 21 heavy (non-hydrogen) atoms. The van der Waals surface area contributed by atoms with Crippen LogP contribution in [0.5, 0.6) is 0 Å². The number of anilines is 1. The maximum Gasteiger partial charge on any atom is 0.170 e. The summed E-state index contributed by atoms with van der Waals surface area (Å²) >= 11 is 17.1. The molecule has 110 valence electrons. The minimum atomic E-state index is 0.571. The number of nitrogens with one attached hydrogen (secondary N) is 2. The van der Waals surface area contributed by atoms with E-state index in [0.29, 0.717) is 15.2 Å². The summed E-state index contributed by atoms with van der Waals surface area (Å²) in [5.41, 5.74) is 2.12. The maximum absolute atomic E-state index is 5.94. The van der Waals surface area contributed by atoms with Gasteiger partial charge in [0.2, 0.25) is 0 Å². The molecule has 0 aliphatic rings. The Morgan fingerprint density at radius 2 is 1.67 bits per heavy atom. The van der Waals surface area contributed by atoms with E-state index in [9.17, 15) is 0 Å². The van der Waals surface area contributed by atoms with Gasteiger partial charge in [-0.25, -0.2) is 0 Å². The third kappa shape index (κ3) is 5.92. The smallest absolute Gasteiger partial charge is 0.170 e. The van der Waals surface area contributed by atoms with Crippen LogP contribution in [0.1, 0.15) is 12.0 Å². The Morgan fingerprint density at radius 3 is 2.33 bits per heavy atom. The van der Waals surface area contributed by atoms with Gasteiger partial charge in [-0.2, -0.15) is 0 Å². The molecule has 0 aliphatic carbocycles. The van der Waals surface area contributed by atoms with Gasteiger partial charge in [0.05, 0.1) is 0 Å². The lowest BCUT2D eigenvalue weighted by molar-refractivity contribution is 0.777. The second-order valence-corrected chi connectivity index (χ2v) is 5.91. The molecule has 2 nitrogen and oxygen atoms in total. The van der Waals surface area contributed by atoms with Gasteiger partial charge in [-0.3, -0.25) is 0 Å². The number of hydrogen-bond acceptors (Lipinski definition) is 1. The fourth-order valence-corrected chi connectivity index (χ4v) is 2.69. The van der Waals surface area contributed by atoms with Crippen molar-refractivity contribution in [3.63, 3.8) is 0 Å². The summed E-state index contributed by atoms with van der Waals surface area (Å²) in [5, 5.41) is 7.98. The zero-order valence-corrected chi connectivity index (χ0v) is 13.7. The van der Waals surface area contributed by atoms with E-state index in [1.54, 1.807) is 18.2 Å². The van der Waals surface area contributed by atoms with Gasteiger partial charge in [0.25, 0.3) is 0 Å². The van der Waals surface area contributed by atoms with E-state index in [1.807, 2.05) is 6.07 Å². The van der Waals surface area contributed by atoms with Crippen molar-refractivity contribution in [3.05, 3.63) is 64.1 Å². The average Bonchev–Trinajstić information content (AvgIpc) is 2.43. The quantitative estimate of drug-likeness (QED) is 0.598. The molecule has 0 unspecified atom stereocenters. The normalized spacial score (nSPS) is 10.2. The molecule has 0 atom stereocenters. The van der Waals surface area contributed by atoms with E-state index < -0.39 is 0 Å². The summed E-state index contributed by atoms with van der Waals surface area (Å²) in [6.07, 6.45) is 2.04. The predicted octanol–water partition coefficient (Wildman–Crippen LogP) is 4.91. The van der Waals surface area contributed by atoms with Crippen molar-refractivity contribution in [2.75, 3.05) is 11.9 Å². The number of benzene rings is 2. The summed E-state index contributed by atoms with van der Waals surface area (Å²) in [7, 11) is 0. The molecule has 2 rings (SSSR count). The van der Waals surface area contributed by atoms with Crippen molar-refractivity contribution in [3.8, 4) is 0 Å². The van der Waals surface area contributed by atoms with Crippen LogP contribution in [0.2, 0.25) is 10.0 Å². The summed E-state index contributed by atoms with van der Waals surface area (Å²) in [6, 6.07) is 15.6. The van der Waals surface area contributed by atoms with Crippen molar-refractivity contribution in [1.82, 2.24) is 5.32 Å². The second-order valence-electron chi connectivity index (χ2n) is 4.63. The molecule has 0 heterocycles. The monoisotopic (exact) mass is 338 g/mol. The first-order chi connectivity index (χ1) is 10.1. The number of aryl methyl sites for hydroxylation is 1. The van der Waals surface area contributed by atoms with E-state index in [-0.39, 0.29) is 0 Å². The molecule has 2 N–H and O–H groups in total. The van der Waals surface area contributed by atoms with Crippen LogP contribution in [-0.4, -0.2) is 11.7 Å². The molecule has 0 radical (unpaired) electrons. The SMILES string of the molecule is S=C(NCCCc1ccccc1)Nc1cc(Cl)cc(Cl)c1. The summed E-state index contributed by atoms with van der Waals surface area (Å²) < 4.78 is 0. The van der Waals surface area contributed by atoms with Crippen molar-refractivity contribution < 1.29 is 0 Å². The highest BCUT2D eigenvalue weighted by Crippen LogP contribution is 2.22. The van der Waals surface area contributed by atoms with Crippen LogP contribution in [0.3, 0.4) is 0 Å². The van der Waals surface area contributed by atoms with Gasteiger partial charge in [0.1, 0.15) is 0 Å². The fourth-order valence-electron chi connectivity index (χ4n) is 1.94. The Labute approximate surface area is 140 Å². The standard InChI is InChI=1S/C16H16Cl2N2S/c17-13-9-14(18)11-15(10-13)20-16(21)19-8-4-7-12-5-2-1-3-6-12/h1-3,5-6,9-11H,4,7-8H2,(H2,19,20,21). The molecular weight excluding hydrogens is 323 g/mol. The van der Waals surface area contributed by atoms with Crippen molar-refractivity contribution >= 4 is 46.2 Å². The molecule has 0 fully saturated rings. The molecule has 5 heteroatoms. The summed E-state index contributed by atoms with van der Waals surface area (Å²) in [6.45, 7) is 0.815. The van der Waals surface area contributed by atoms with Gasteiger partial charge in [0, 0.05) is 22.3 Å². The molecule has 0 saturated heterocycles. The van der Waals surface area contributed by atoms with Crippen LogP contribution in [0, 0.1) is 0 Å². The molecule has 0 saturated carbocycles. The van der Waals surface area contributed by atoms with Crippen molar-refractivity contribution in [2.24, 2.45) is 0 Å². The molecule has 0 aliphatic heterocycles. The van der Waals surface area contributed by atoms with Crippen molar-refractivity contribution in [1.29, 1.82) is 0 Å². The van der Waals surface area contributed by atoms with Gasteiger partial charge in [0.15, 0.2) is 5.11 Å². The Hall–Kier alpha value is -1.29. The number of rotatable bonds is 5. The average molecular weight is 339 g/mol. The number of hydrogen-bond donors (Lipinski definition) is 2. The van der Waals surface area contributed by atoms with Crippen molar-refractivity contribution in [2.45, 2.75) is 12.8 Å². The molecule has 2 aromatic rings. The maximum atomic E-state index is 5.94. The fraction of sp³-hybridized carbons (Fsp3) is 0.188. The van der Waals surface area contributed by atoms with Crippen LogP contribution in [-0.2, 0) is 6.42 Å². The number of thiocarbonyl (C=S) groups is 1. The highest BCUT2D eigenvalue weighted by molar-refractivity contribution is 7.80. The lowest BCUT2D eigenvalue weighted by Gasteiger charge is -2.11. The van der Waals surface area contributed by atoms with Gasteiger partial charge in [-0.1, -0.05) is 53.5 Å². The van der Waals surface area contributed by atoms with E-state index >= 15 is 0 Å². The van der Waals surface area contributed by atoms with Crippen LogP contribution in [0.15, 0.2) is 48.5 Å². The Morgan fingerprint density at radius 1 is 1.00 bits per heavy atom. The van der Waals surface area contributed by atoms with Gasteiger partial charge >= 0.3 is 0 Å². The zero-order chi connectivity index (χ0) is 15.1. The van der Waals surface area contributed by atoms with Gasteiger partial charge < -0.3 is 10.6 Å². The first-order valence-electron chi connectivity index (χ1n) is 6.68. The highest BCUT2D eigenvalue weighted by atomic mass is 35.5. The highest BCUT2D eigenvalue weighted by Gasteiger charge is 2.01. The first-order valence-corrected chi connectivity index (χ1v) is 7.85. The van der Waals surface area contributed by atoms with Crippen LogP contribution in [0.4, 0.5) is 5.69 Å². The first kappa shape index (κ1) is 16.1. The molecule has 0 amide bonds. The lowest BCUT2D eigenvalue weighted by Crippen LogP contribution is -2.29. The van der Waals surface area contributed by atoms with E-state index in [0.717, 1.165) is 25.1 Å². The Kier molecular flexibility index (Phi) is 6.30. The third-order valence-electron chi connectivity index (χ3n) is 2.89. The van der Waals surface area contributed by atoms with E-state index in [4.69, 9.17) is 35.4 Å². The third-order valence-corrected chi connectivity index (χ3v) is 3.57. The largest absolute Gasteiger partial charge is 0.362 e. The van der Waals surface area contributed by atoms with E-state index in [2.05, 4.69) is 34.9 Å². The lowest BCUT2D eigenvalue weighted by atomic mass is 10.1. The van der Waals surface area contributed by atoms with Gasteiger partial charge in [-0.15, -0.1) is 0 Å². The Balaban J connectivity index is 1.72. The zero-order valence-electron chi connectivity index (χ0n) is 11.4. The van der Waals surface area contributed by atoms with E-state index in [1.165, 1.54) is 5.56 Å². The molecule has 0 spiro atoms. The summed E-state index contributed by atoms with van der Waals surface area (Å²) in [4.78, 5) is 0. The molecular formula is C16H16Cl2N2S. The molecule has 0 aromatic heterocycles. The molecule has 0 bridgehead atoms. The van der Waals surface area contributed by atoms with Crippen LogP contribution >= 0.6 is 35.4 Å². The van der Waals surface area contributed by atoms with Crippen LogP contribution in [0.25, 0.3) is 0 Å². The van der Waals surface area contributed by atoms with Crippen LogP contribution < -0.4 is 10.6 Å². The number of halogens is 2. The predicted molar refractivity (Wildman–Crippen MR) is 95.4 cm³/mol. The second kappa shape index (κ2) is 8.23.